The van der Waals surface area contributed by atoms with Gasteiger partial charge in [-0.2, -0.15) is 0 Å². The molecule has 0 aromatic rings. The minimum absolute atomic E-state index is 0.194. The molecule has 3 heteroatoms. The van der Waals surface area contributed by atoms with Gasteiger partial charge in [-0.05, 0) is 20.3 Å². The minimum atomic E-state index is 0.194. The zero-order chi connectivity index (χ0) is 8.43. The third-order valence-corrected chi connectivity index (χ3v) is 3.06. The summed E-state index contributed by atoms with van der Waals surface area (Å²) in [7, 11) is 0. The van der Waals surface area contributed by atoms with Crippen molar-refractivity contribution in [2.45, 2.75) is 44.6 Å². The Labute approximate surface area is 71.7 Å². The van der Waals surface area contributed by atoms with E-state index in [4.69, 9.17) is 4.74 Å². The molecule has 0 aliphatic carbocycles. The molecule has 1 aliphatic heterocycles. The SMILES string of the molecule is CC(=O)SC1CC(C)OC1C. The van der Waals surface area contributed by atoms with Crippen LogP contribution >= 0.6 is 11.8 Å². The van der Waals surface area contributed by atoms with E-state index in [0.717, 1.165) is 6.42 Å². The fraction of sp³-hybridized carbons (Fsp3) is 0.875. The van der Waals surface area contributed by atoms with E-state index in [1.165, 1.54) is 11.8 Å². The summed E-state index contributed by atoms with van der Waals surface area (Å²) in [6, 6.07) is 0. The van der Waals surface area contributed by atoms with Crippen LogP contribution in [0.1, 0.15) is 27.2 Å². The average molecular weight is 174 g/mol. The molecule has 1 heterocycles. The third kappa shape index (κ3) is 2.49. The number of ether oxygens (including phenoxy) is 1. The van der Waals surface area contributed by atoms with Gasteiger partial charge >= 0.3 is 0 Å². The van der Waals surface area contributed by atoms with E-state index in [2.05, 4.69) is 6.92 Å². The lowest BCUT2D eigenvalue weighted by molar-refractivity contribution is -0.109. The first-order valence-corrected chi connectivity index (χ1v) is 4.80. The minimum Gasteiger partial charge on any atom is -0.374 e. The lowest BCUT2D eigenvalue weighted by Gasteiger charge is -2.09. The van der Waals surface area contributed by atoms with Crippen LogP contribution in [0, 0.1) is 0 Å². The molecule has 0 aromatic carbocycles. The molecule has 0 bridgehead atoms. The van der Waals surface area contributed by atoms with Crippen LogP contribution in [0.2, 0.25) is 0 Å². The Morgan fingerprint density at radius 2 is 2.18 bits per heavy atom. The van der Waals surface area contributed by atoms with Crippen molar-refractivity contribution in [1.29, 1.82) is 0 Å². The van der Waals surface area contributed by atoms with Gasteiger partial charge in [0.1, 0.15) is 0 Å². The zero-order valence-electron chi connectivity index (χ0n) is 7.16. The highest BCUT2D eigenvalue weighted by atomic mass is 32.2. The van der Waals surface area contributed by atoms with Crippen LogP contribution in [0.15, 0.2) is 0 Å². The smallest absolute Gasteiger partial charge is 0.186 e. The van der Waals surface area contributed by atoms with Gasteiger partial charge in [-0.3, -0.25) is 4.79 Å². The van der Waals surface area contributed by atoms with Crippen LogP contribution in [0.3, 0.4) is 0 Å². The molecule has 0 radical (unpaired) electrons. The van der Waals surface area contributed by atoms with Crippen LogP contribution in [-0.2, 0) is 9.53 Å². The summed E-state index contributed by atoms with van der Waals surface area (Å²) in [4.78, 5) is 10.8. The normalized spacial score (nSPS) is 37.5. The van der Waals surface area contributed by atoms with Gasteiger partial charge in [0.05, 0.1) is 12.2 Å². The number of thioether (sulfide) groups is 1. The first-order valence-electron chi connectivity index (χ1n) is 3.92. The van der Waals surface area contributed by atoms with Crippen LogP contribution < -0.4 is 0 Å². The van der Waals surface area contributed by atoms with Crippen LogP contribution in [0.25, 0.3) is 0 Å². The van der Waals surface area contributed by atoms with Crippen molar-refractivity contribution in [3.05, 3.63) is 0 Å². The lowest BCUT2D eigenvalue weighted by atomic mass is 10.2. The molecule has 1 saturated heterocycles. The molecular weight excluding hydrogens is 160 g/mol. The van der Waals surface area contributed by atoms with Crippen molar-refractivity contribution >= 4 is 16.9 Å². The van der Waals surface area contributed by atoms with Gasteiger partial charge in [0.2, 0.25) is 0 Å². The van der Waals surface area contributed by atoms with Gasteiger partial charge in [0, 0.05) is 12.2 Å². The predicted molar refractivity (Wildman–Crippen MR) is 46.7 cm³/mol. The molecule has 0 amide bonds. The van der Waals surface area contributed by atoms with E-state index < -0.39 is 0 Å². The molecule has 3 unspecified atom stereocenters. The maximum absolute atomic E-state index is 10.8. The van der Waals surface area contributed by atoms with Crippen LogP contribution in [0.5, 0.6) is 0 Å². The molecule has 0 saturated carbocycles. The zero-order valence-corrected chi connectivity index (χ0v) is 7.98. The van der Waals surface area contributed by atoms with Crippen molar-refractivity contribution in [3.63, 3.8) is 0 Å². The summed E-state index contributed by atoms with van der Waals surface area (Å²) < 4.78 is 5.50. The largest absolute Gasteiger partial charge is 0.374 e. The maximum atomic E-state index is 10.8. The van der Waals surface area contributed by atoms with Crippen molar-refractivity contribution < 1.29 is 9.53 Å². The monoisotopic (exact) mass is 174 g/mol. The van der Waals surface area contributed by atoms with Crippen molar-refractivity contribution in [3.8, 4) is 0 Å². The fourth-order valence-electron chi connectivity index (χ4n) is 1.39. The Morgan fingerprint density at radius 3 is 2.55 bits per heavy atom. The van der Waals surface area contributed by atoms with E-state index in [0.29, 0.717) is 11.4 Å². The topological polar surface area (TPSA) is 26.3 Å². The number of carbonyl (C=O) groups is 1. The molecule has 64 valence electrons. The summed E-state index contributed by atoms with van der Waals surface area (Å²) >= 11 is 1.41. The molecule has 2 nitrogen and oxygen atoms in total. The number of hydrogen-bond donors (Lipinski definition) is 0. The molecule has 1 fully saturated rings. The second-order valence-corrected chi connectivity index (χ2v) is 4.45. The Hall–Kier alpha value is -0.0200. The van der Waals surface area contributed by atoms with Gasteiger partial charge in [0.25, 0.3) is 0 Å². The summed E-state index contributed by atoms with van der Waals surface area (Å²) in [6.07, 6.45) is 1.56. The Kier molecular flexibility index (Phi) is 2.96. The first kappa shape index (κ1) is 9.07. The van der Waals surface area contributed by atoms with E-state index in [1.807, 2.05) is 6.92 Å². The third-order valence-electron chi connectivity index (χ3n) is 1.85. The molecule has 1 aliphatic rings. The molecule has 3 atom stereocenters. The molecule has 1 rings (SSSR count). The predicted octanol–water partition coefficient (Wildman–Crippen LogP) is 1.83. The molecule has 0 aromatic heterocycles. The van der Waals surface area contributed by atoms with Gasteiger partial charge < -0.3 is 4.74 Å². The standard InChI is InChI=1S/C8H14O2S/c1-5-4-8(6(2)10-5)11-7(3)9/h5-6,8H,4H2,1-3H3. The Morgan fingerprint density at radius 1 is 1.55 bits per heavy atom. The van der Waals surface area contributed by atoms with Gasteiger partial charge in [-0.15, -0.1) is 0 Å². The van der Waals surface area contributed by atoms with Crippen molar-refractivity contribution in [2.75, 3.05) is 0 Å². The number of rotatable bonds is 1. The fourth-order valence-corrected chi connectivity index (χ4v) is 2.43. The number of carbonyl (C=O) groups excluding carboxylic acids is 1. The highest BCUT2D eigenvalue weighted by molar-refractivity contribution is 8.14. The Balaban J connectivity index is 2.40. The quantitative estimate of drug-likeness (QED) is 0.606. The van der Waals surface area contributed by atoms with E-state index in [9.17, 15) is 4.79 Å². The summed E-state index contributed by atoms with van der Waals surface area (Å²) in [6.45, 7) is 5.70. The lowest BCUT2D eigenvalue weighted by Crippen LogP contribution is -2.14. The van der Waals surface area contributed by atoms with E-state index in [-0.39, 0.29) is 11.2 Å². The van der Waals surface area contributed by atoms with Gasteiger partial charge in [-0.1, -0.05) is 11.8 Å². The highest BCUT2D eigenvalue weighted by Crippen LogP contribution is 2.30. The van der Waals surface area contributed by atoms with E-state index in [1.54, 1.807) is 6.92 Å². The van der Waals surface area contributed by atoms with Crippen LogP contribution in [-0.4, -0.2) is 22.6 Å². The van der Waals surface area contributed by atoms with Crippen molar-refractivity contribution in [2.24, 2.45) is 0 Å². The highest BCUT2D eigenvalue weighted by Gasteiger charge is 2.30. The molecular formula is C8H14O2S. The maximum Gasteiger partial charge on any atom is 0.186 e. The summed E-state index contributed by atoms with van der Waals surface area (Å²) in [5, 5.41) is 0.571. The second-order valence-electron chi connectivity index (χ2n) is 3.04. The molecule has 0 spiro atoms. The van der Waals surface area contributed by atoms with Crippen LogP contribution in [0.4, 0.5) is 0 Å². The van der Waals surface area contributed by atoms with E-state index >= 15 is 0 Å². The van der Waals surface area contributed by atoms with Gasteiger partial charge in [0.15, 0.2) is 5.12 Å². The van der Waals surface area contributed by atoms with Crippen molar-refractivity contribution in [1.82, 2.24) is 0 Å². The van der Waals surface area contributed by atoms with Gasteiger partial charge in [-0.25, -0.2) is 0 Å². The number of hydrogen-bond acceptors (Lipinski definition) is 3. The first-order chi connectivity index (χ1) is 5.09. The second kappa shape index (κ2) is 3.59. The Bertz CT molecular complexity index is 158. The molecule has 0 N–H and O–H groups in total. The molecule has 11 heavy (non-hydrogen) atoms. The average Bonchev–Trinajstić information content (AvgIpc) is 2.09. The summed E-state index contributed by atoms with van der Waals surface area (Å²) in [5.41, 5.74) is 0. The summed E-state index contributed by atoms with van der Waals surface area (Å²) in [5.74, 6) is 0.